The average molecular weight is 308 g/mol. The van der Waals surface area contributed by atoms with E-state index in [1.165, 1.54) is 11.5 Å². The van der Waals surface area contributed by atoms with E-state index in [0.717, 1.165) is 0 Å². The van der Waals surface area contributed by atoms with Gasteiger partial charge in [-0.3, -0.25) is 0 Å². The molecule has 2 rings (SSSR count). The van der Waals surface area contributed by atoms with Gasteiger partial charge < -0.3 is 14.6 Å². The summed E-state index contributed by atoms with van der Waals surface area (Å²) in [6.07, 6.45) is -6.62. The lowest BCUT2D eigenvalue weighted by Gasteiger charge is -2.21. The monoisotopic (exact) mass is 307 g/mol. The first kappa shape index (κ1) is 14.9. The second-order valence-electron chi connectivity index (χ2n) is 4.15. The van der Waals surface area contributed by atoms with E-state index in [9.17, 15) is 13.2 Å². The summed E-state index contributed by atoms with van der Waals surface area (Å²) in [5.74, 6) is 0.0676. The smallest absolute Gasteiger partial charge is 0.350 e. The Balaban J connectivity index is 2.35. The van der Waals surface area contributed by atoms with Crippen LogP contribution < -0.4 is 5.32 Å². The molecule has 110 valence electrons. The van der Waals surface area contributed by atoms with Gasteiger partial charge in [0.15, 0.2) is 0 Å². The average Bonchev–Trinajstić information content (AvgIpc) is 2.65. The van der Waals surface area contributed by atoms with Crippen molar-refractivity contribution in [3.63, 3.8) is 0 Å². The van der Waals surface area contributed by atoms with Gasteiger partial charge in [-0.1, -0.05) is 11.6 Å². The van der Waals surface area contributed by atoms with Crippen molar-refractivity contribution in [2.45, 2.75) is 19.3 Å². The van der Waals surface area contributed by atoms with Crippen molar-refractivity contribution in [1.29, 1.82) is 0 Å². The molecule has 2 aromatic rings. The number of hydrogen-bond acceptors (Lipinski definition) is 3. The normalized spacial score (nSPS) is 13.7. The van der Waals surface area contributed by atoms with Crippen molar-refractivity contribution in [2.24, 2.45) is 7.05 Å². The largest absolute Gasteiger partial charge is 0.433 e. The van der Waals surface area contributed by atoms with Crippen molar-refractivity contribution >= 4 is 28.6 Å². The maximum atomic E-state index is 12.8. The third-order valence-corrected chi connectivity index (χ3v) is 2.97. The molecule has 4 nitrogen and oxygen atoms in total. The Labute approximate surface area is 118 Å². The summed E-state index contributed by atoms with van der Waals surface area (Å²) in [5, 5.41) is 2.75. The summed E-state index contributed by atoms with van der Waals surface area (Å²) in [7, 11) is 1.60. The van der Waals surface area contributed by atoms with E-state index in [0.29, 0.717) is 16.1 Å². The van der Waals surface area contributed by atoms with Crippen molar-refractivity contribution < 1.29 is 17.9 Å². The first-order valence-corrected chi connectivity index (χ1v) is 6.27. The quantitative estimate of drug-likeness (QED) is 0.878. The second kappa shape index (κ2) is 5.49. The molecule has 0 bridgehead atoms. The minimum Gasteiger partial charge on any atom is -0.350 e. The topological polar surface area (TPSA) is 39.1 Å². The van der Waals surface area contributed by atoms with E-state index in [4.69, 9.17) is 11.6 Å². The van der Waals surface area contributed by atoms with Gasteiger partial charge in [0.05, 0.1) is 11.0 Å². The molecule has 0 fully saturated rings. The van der Waals surface area contributed by atoms with Crippen LogP contribution in [0.25, 0.3) is 11.0 Å². The standard InChI is InChI=1S/C12H13ClF3N3O/c1-3-20-10(12(14,15)16)18-11-17-8-5-4-7(13)6-9(8)19(11)2/h4-6,10H,3H2,1-2H3,(H,17,18). The number of halogens is 4. The predicted octanol–water partition coefficient (Wildman–Crippen LogP) is 3.56. The van der Waals surface area contributed by atoms with Gasteiger partial charge in [-0.15, -0.1) is 0 Å². The number of rotatable bonds is 4. The Morgan fingerprint density at radius 1 is 1.45 bits per heavy atom. The Bertz CT molecular complexity index is 612. The van der Waals surface area contributed by atoms with E-state index >= 15 is 0 Å². The highest BCUT2D eigenvalue weighted by molar-refractivity contribution is 6.31. The number of nitrogens with zero attached hydrogens (tertiary/aromatic N) is 2. The minimum absolute atomic E-state index is 0.0626. The molecule has 0 radical (unpaired) electrons. The first-order valence-electron chi connectivity index (χ1n) is 5.89. The molecule has 0 spiro atoms. The van der Waals surface area contributed by atoms with Gasteiger partial charge in [0.1, 0.15) is 0 Å². The van der Waals surface area contributed by atoms with Crippen LogP contribution in [0.2, 0.25) is 5.02 Å². The Morgan fingerprint density at radius 2 is 2.15 bits per heavy atom. The van der Waals surface area contributed by atoms with E-state index in [1.54, 1.807) is 25.2 Å². The zero-order valence-electron chi connectivity index (χ0n) is 10.8. The summed E-state index contributed by atoms with van der Waals surface area (Å²) in [6.45, 7) is 1.43. The van der Waals surface area contributed by atoms with Crippen LogP contribution in [0.3, 0.4) is 0 Å². The molecule has 0 saturated carbocycles. The molecule has 1 unspecified atom stereocenters. The number of fused-ring (bicyclic) bond motifs is 1. The SMILES string of the molecule is CCOC(Nc1nc2ccc(Cl)cc2n1C)C(F)(F)F. The van der Waals surface area contributed by atoms with Crippen molar-refractivity contribution in [3.05, 3.63) is 23.2 Å². The Morgan fingerprint density at radius 3 is 2.75 bits per heavy atom. The molecule has 1 heterocycles. The van der Waals surface area contributed by atoms with Gasteiger partial charge in [0.25, 0.3) is 0 Å². The maximum absolute atomic E-state index is 12.8. The fourth-order valence-electron chi connectivity index (χ4n) is 1.79. The fourth-order valence-corrected chi connectivity index (χ4v) is 1.96. The maximum Gasteiger partial charge on any atom is 0.433 e. The van der Waals surface area contributed by atoms with E-state index in [2.05, 4.69) is 15.0 Å². The summed E-state index contributed by atoms with van der Waals surface area (Å²) in [5.41, 5.74) is 1.19. The van der Waals surface area contributed by atoms with Crippen LogP contribution in [0.5, 0.6) is 0 Å². The van der Waals surface area contributed by atoms with Gasteiger partial charge in [0.2, 0.25) is 12.2 Å². The summed E-state index contributed by atoms with van der Waals surface area (Å²) in [4.78, 5) is 4.10. The van der Waals surface area contributed by atoms with E-state index < -0.39 is 12.4 Å². The highest BCUT2D eigenvalue weighted by Crippen LogP contribution is 2.27. The molecule has 0 aliphatic carbocycles. The molecule has 0 amide bonds. The van der Waals surface area contributed by atoms with E-state index in [1.807, 2.05) is 0 Å². The van der Waals surface area contributed by atoms with Gasteiger partial charge in [-0.2, -0.15) is 13.2 Å². The van der Waals surface area contributed by atoms with Crippen LogP contribution in [0.4, 0.5) is 19.1 Å². The zero-order valence-corrected chi connectivity index (χ0v) is 11.6. The van der Waals surface area contributed by atoms with E-state index in [-0.39, 0.29) is 12.6 Å². The number of nitrogens with one attached hydrogen (secondary N) is 1. The number of anilines is 1. The minimum atomic E-state index is -4.52. The first-order chi connectivity index (χ1) is 9.32. The van der Waals surface area contributed by atoms with Crippen LogP contribution in [-0.2, 0) is 11.8 Å². The third-order valence-electron chi connectivity index (χ3n) is 2.73. The number of hydrogen-bond donors (Lipinski definition) is 1. The number of aromatic nitrogens is 2. The Hall–Kier alpha value is -1.47. The molecule has 1 aromatic carbocycles. The number of imidazole rings is 1. The Kier molecular flexibility index (Phi) is 4.10. The lowest BCUT2D eigenvalue weighted by atomic mass is 10.3. The summed E-state index contributed by atoms with van der Waals surface area (Å²) >= 11 is 5.86. The third kappa shape index (κ3) is 2.99. The van der Waals surface area contributed by atoms with Crippen LogP contribution in [0.15, 0.2) is 18.2 Å². The molecular weight excluding hydrogens is 295 g/mol. The van der Waals surface area contributed by atoms with Crippen LogP contribution in [0, 0.1) is 0 Å². The highest BCUT2D eigenvalue weighted by atomic mass is 35.5. The molecule has 1 N–H and O–H groups in total. The van der Waals surface area contributed by atoms with Crippen molar-refractivity contribution in [2.75, 3.05) is 11.9 Å². The lowest BCUT2D eigenvalue weighted by Crippen LogP contribution is -2.39. The molecule has 20 heavy (non-hydrogen) atoms. The summed E-state index contributed by atoms with van der Waals surface area (Å²) < 4.78 is 44.6. The predicted molar refractivity (Wildman–Crippen MR) is 70.8 cm³/mol. The highest BCUT2D eigenvalue weighted by Gasteiger charge is 2.41. The van der Waals surface area contributed by atoms with Crippen LogP contribution >= 0.6 is 11.6 Å². The molecule has 1 aromatic heterocycles. The molecule has 0 aliphatic heterocycles. The fraction of sp³-hybridized carbons (Fsp3) is 0.417. The van der Waals surface area contributed by atoms with Crippen molar-refractivity contribution in [3.8, 4) is 0 Å². The molecule has 1 atom stereocenters. The number of benzene rings is 1. The number of alkyl halides is 3. The molecule has 0 aliphatic rings. The molecule has 0 saturated heterocycles. The van der Waals surface area contributed by atoms with Gasteiger partial charge in [-0.05, 0) is 25.1 Å². The molecule has 8 heteroatoms. The number of aryl methyl sites for hydroxylation is 1. The number of ether oxygens (including phenoxy) is 1. The zero-order chi connectivity index (χ0) is 14.9. The van der Waals surface area contributed by atoms with Crippen LogP contribution in [0.1, 0.15) is 6.92 Å². The van der Waals surface area contributed by atoms with Crippen molar-refractivity contribution in [1.82, 2.24) is 9.55 Å². The van der Waals surface area contributed by atoms with Gasteiger partial charge in [0, 0.05) is 18.7 Å². The second-order valence-corrected chi connectivity index (χ2v) is 4.59. The van der Waals surface area contributed by atoms with Crippen LogP contribution in [-0.4, -0.2) is 28.6 Å². The molecular formula is C12H13ClF3N3O. The summed E-state index contributed by atoms with van der Waals surface area (Å²) in [6, 6.07) is 4.91. The van der Waals surface area contributed by atoms with Gasteiger partial charge in [-0.25, -0.2) is 4.98 Å². The lowest BCUT2D eigenvalue weighted by molar-refractivity contribution is -0.209. The van der Waals surface area contributed by atoms with Gasteiger partial charge >= 0.3 is 6.18 Å².